The molecule has 3 heterocycles. The van der Waals surface area contributed by atoms with Gasteiger partial charge in [0.25, 0.3) is 5.91 Å². The van der Waals surface area contributed by atoms with Crippen molar-refractivity contribution in [3.8, 4) is 0 Å². The van der Waals surface area contributed by atoms with E-state index in [1.54, 1.807) is 4.90 Å². The van der Waals surface area contributed by atoms with E-state index in [1.807, 2.05) is 47.4 Å². The van der Waals surface area contributed by atoms with Gasteiger partial charge in [0.05, 0.1) is 11.9 Å². The van der Waals surface area contributed by atoms with E-state index in [1.165, 1.54) is 0 Å². The van der Waals surface area contributed by atoms with Crippen molar-refractivity contribution in [3.63, 3.8) is 0 Å². The lowest BCUT2D eigenvalue weighted by atomic mass is 10.1. The lowest BCUT2D eigenvalue weighted by molar-refractivity contribution is -0.131. The highest BCUT2D eigenvalue weighted by atomic mass is 16.2. The van der Waals surface area contributed by atoms with Gasteiger partial charge in [-0.2, -0.15) is 0 Å². The predicted octanol–water partition coefficient (Wildman–Crippen LogP) is 1.34. The molecule has 1 fully saturated rings. The monoisotopic (exact) mass is 416 g/mol. The second-order valence-corrected chi connectivity index (χ2v) is 8.02. The highest BCUT2D eigenvalue weighted by Gasteiger charge is 2.27. The molecule has 0 unspecified atom stereocenters. The summed E-state index contributed by atoms with van der Waals surface area (Å²) < 4.78 is 0. The molecular weight excluding hydrogens is 392 g/mol. The van der Waals surface area contributed by atoms with Gasteiger partial charge in [0.1, 0.15) is 5.69 Å². The van der Waals surface area contributed by atoms with Crippen LogP contribution in [0, 0.1) is 0 Å². The Hall–Kier alpha value is -3.52. The Kier molecular flexibility index (Phi) is 4.99. The number of hydrogen-bond acceptors (Lipinski definition) is 6. The van der Waals surface area contributed by atoms with Gasteiger partial charge in [-0.25, -0.2) is 9.97 Å². The number of amides is 2. The average molecular weight is 416 g/mol. The lowest BCUT2D eigenvalue weighted by Gasteiger charge is -2.27. The maximum absolute atomic E-state index is 13.4. The van der Waals surface area contributed by atoms with E-state index < -0.39 is 0 Å². The number of aromatic nitrogens is 2. The summed E-state index contributed by atoms with van der Waals surface area (Å²) in [6, 6.07) is 13.6. The highest BCUT2D eigenvalue weighted by molar-refractivity contribution is 6.05. The third-order valence-electron chi connectivity index (χ3n) is 5.93. The molecule has 5 rings (SSSR count). The Balaban J connectivity index is 1.44. The predicted molar refractivity (Wildman–Crippen MR) is 117 cm³/mol. The molecule has 31 heavy (non-hydrogen) atoms. The van der Waals surface area contributed by atoms with Gasteiger partial charge in [-0.05, 0) is 28.8 Å². The highest BCUT2D eigenvalue weighted by Crippen LogP contribution is 2.26. The number of carbonyl (C=O) groups is 2. The smallest absolute Gasteiger partial charge is 0.273 e. The maximum Gasteiger partial charge on any atom is 0.273 e. The van der Waals surface area contributed by atoms with Crippen LogP contribution >= 0.6 is 0 Å². The number of benzene rings is 2. The zero-order valence-electron chi connectivity index (χ0n) is 17.2. The second-order valence-electron chi connectivity index (χ2n) is 8.02. The van der Waals surface area contributed by atoms with E-state index in [0.29, 0.717) is 37.1 Å². The molecule has 2 aliphatic rings. The molecule has 2 amide bonds. The molecule has 0 radical (unpaired) electrons. The van der Waals surface area contributed by atoms with Gasteiger partial charge in [-0.3, -0.25) is 9.59 Å². The van der Waals surface area contributed by atoms with Crippen molar-refractivity contribution in [1.82, 2.24) is 25.1 Å². The van der Waals surface area contributed by atoms with Gasteiger partial charge in [0.15, 0.2) is 0 Å². The lowest BCUT2D eigenvalue weighted by Crippen LogP contribution is -2.46. The first-order valence-corrected chi connectivity index (χ1v) is 10.5. The SMILES string of the molecule is Nc1nc(C(=O)N2Cc3ccccc3C2)c2cc(CC(=O)N3CCNCC3)ccc2n1. The van der Waals surface area contributed by atoms with Crippen molar-refractivity contribution in [1.29, 1.82) is 0 Å². The van der Waals surface area contributed by atoms with Gasteiger partial charge >= 0.3 is 0 Å². The minimum atomic E-state index is -0.180. The third kappa shape index (κ3) is 3.82. The molecule has 1 aromatic heterocycles. The number of nitrogens with zero attached hydrogens (tertiary/aromatic N) is 4. The van der Waals surface area contributed by atoms with Gasteiger partial charge in [-0.1, -0.05) is 30.3 Å². The molecule has 0 saturated carbocycles. The van der Waals surface area contributed by atoms with Gasteiger partial charge in [0.2, 0.25) is 11.9 Å². The number of carbonyl (C=O) groups excluding carboxylic acids is 2. The number of piperazine rings is 1. The molecule has 8 heteroatoms. The van der Waals surface area contributed by atoms with Crippen LogP contribution in [0.3, 0.4) is 0 Å². The van der Waals surface area contributed by atoms with Crippen LogP contribution in [0.4, 0.5) is 5.95 Å². The van der Waals surface area contributed by atoms with Crippen LogP contribution in [0.2, 0.25) is 0 Å². The molecule has 0 spiro atoms. The number of rotatable bonds is 3. The standard InChI is InChI=1S/C23H24N6O2/c24-23-26-19-6-5-15(12-20(30)28-9-7-25-8-10-28)11-18(19)21(27-23)22(31)29-13-16-3-1-2-4-17(16)14-29/h1-6,11,25H,7-10,12-14H2,(H2,24,26,27). The summed E-state index contributed by atoms with van der Waals surface area (Å²) in [7, 11) is 0. The number of nitrogens with one attached hydrogen (secondary N) is 1. The van der Waals surface area contributed by atoms with Gasteiger partial charge in [0, 0.05) is 44.7 Å². The molecule has 0 atom stereocenters. The van der Waals surface area contributed by atoms with Crippen LogP contribution in [0.5, 0.6) is 0 Å². The zero-order valence-corrected chi connectivity index (χ0v) is 17.2. The van der Waals surface area contributed by atoms with Crippen LogP contribution in [-0.4, -0.2) is 57.8 Å². The first-order chi connectivity index (χ1) is 15.1. The first kappa shape index (κ1) is 19.4. The zero-order chi connectivity index (χ0) is 21.4. The van der Waals surface area contributed by atoms with Crippen LogP contribution in [-0.2, 0) is 24.3 Å². The van der Waals surface area contributed by atoms with Crippen molar-refractivity contribution < 1.29 is 9.59 Å². The Labute approximate surface area is 180 Å². The third-order valence-corrected chi connectivity index (χ3v) is 5.93. The first-order valence-electron chi connectivity index (χ1n) is 10.5. The molecule has 8 nitrogen and oxygen atoms in total. The average Bonchev–Trinajstić information content (AvgIpc) is 3.23. The molecule has 2 aromatic carbocycles. The van der Waals surface area contributed by atoms with Crippen molar-refractivity contribution in [3.05, 3.63) is 64.8 Å². The minimum Gasteiger partial charge on any atom is -0.368 e. The normalized spacial score (nSPS) is 15.9. The van der Waals surface area contributed by atoms with Crippen LogP contribution in [0.1, 0.15) is 27.2 Å². The fraction of sp³-hybridized carbons (Fsp3) is 0.304. The number of hydrogen-bond donors (Lipinski definition) is 2. The molecule has 0 bridgehead atoms. The van der Waals surface area contributed by atoms with E-state index in [4.69, 9.17) is 5.73 Å². The Morgan fingerprint density at radius 1 is 0.968 bits per heavy atom. The van der Waals surface area contributed by atoms with Crippen molar-refractivity contribution in [2.24, 2.45) is 0 Å². The van der Waals surface area contributed by atoms with Gasteiger partial charge < -0.3 is 20.9 Å². The Morgan fingerprint density at radius 2 is 1.68 bits per heavy atom. The van der Waals surface area contributed by atoms with Crippen molar-refractivity contribution >= 4 is 28.7 Å². The molecule has 3 N–H and O–H groups in total. The van der Waals surface area contributed by atoms with E-state index >= 15 is 0 Å². The van der Waals surface area contributed by atoms with Crippen LogP contribution in [0.25, 0.3) is 10.9 Å². The quantitative estimate of drug-likeness (QED) is 0.668. The summed E-state index contributed by atoms with van der Waals surface area (Å²) in [5, 5.41) is 3.88. The fourth-order valence-corrected chi connectivity index (χ4v) is 4.29. The minimum absolute atomic E-state index is 0.0669. The summed E-state index contributed by atoms with van der Waals surface area (Å²) in [6.07, 6.45) is 0.281. The van der Waals surface area contributed by atoms with Crippen LogP contribution in [0.15, 0.2) is 42.5 Å². The molecular formula is C23H24N6O2. The molecule has 1 saturated heterocycles. The van der Waals surface area contributed by atoms with E-state index in [0.717, 1.165) is 29.8 Å². The van der Waals surface area contributed by atoms with Crippen molar-refractivity contribution in [2.75, 3.05) is 31.9 Å². The largest absolute Gasteiger partial charge is 0.368 e. The summed E-state index contributed by atoms with van der Waals surface area (Å²) in [5.74, 6) is -0.0295. The summed E-state index contributed by atoms with van der Waals surface area (Å²) in [5.41, 5.74) is 9.91. The van der Waals surface area contributed by atoms with Crippen molar-refractivity contribution in [2.45, 2.75) is 19.5 Å². The Bertz CT molecular complexity index is 1150. The number of fused-ring (bicyclic) bond motifs is 2. The summed E-state index contributed by atoms with van der Waals surface area (Å²) in [6.45, 7) is 4.14. The van der Waals surface area contributed by atoms with Crippen LogP contribution < -0.4 is 11.1 Å². The number of anilines is 1. The number of nitrogens with two attached hydrogens (primary N) is 1. The second kappa shape index (κ2) is 7.96. The van der Waals surface area contributed by atoms with E-state index in [2.05, 4.69) is 15.3 Å². The topological polar surface area (TPSA) is 104 Å². The maximum atomic E-state index is 13.4. The molecule has 158 valence electrons. The summed E-state index contributed by atoms with van der Waals surface area (Å²) in [4.78, 5) is 38.3. The number of nitrogen functional groups attached to an aromatic ring is 1. The molecule has 3 aromatic rings. The molecule has 2 aliphatic heterocycles. The Morgan fingerprint density at radius 3 is 2.39 bits per heavy atom. The molecule has 0 aliphatic carbocycles. The van der Waals surface area contributed by atoms with E-state index in [9.17, 15) is 9.59 Å². The van der Waals surface area contributed by atoms with E-state index in [-0.39, 0.29) is 29.9 Å². The fourth-order valence-electron chi connectivity index (χ4n) is 4.29. The van der Waals surface area contributed by atoms with Gasteiger partial charge in [-0.15, -0.1) is 0 Å². The summed E-state index contributed by atoms with van der Waals surface area (Å²) >= 11 is 0.